The van der Waals surface area contributed by atoms with E-state index in [1.54, 1.807) is 6.07 Å². The molecule has 88 valence electrons. The Kier molecular flexibility index (Phi) is 5.77. The van der Waals surface area contributed by atoms with Gasteiger partial charge in [-0.2, -0.15) is 0 Å². The van der Waals surface area contributed by atoms with Crippen molar-refractivity contribution in [1.82, 2.24) is 5.32 Å². The molecule has 0 atom stereocenters. The molecule has 16 heavy (non-hydrogen) atoms. The molecule has 1 N–H and O–H groups in total. The highest BCUT2D eigenvalue weighted by molar-refractivity contribution is 9.09. The number of benzene rings is 1. The monoisotopic (exact) mass is 307 g/mol. The summed E-state index contributed by atoms with van der Waals surface area (Å²) < 4.78 is 13.4. The first kappa shape index (κ1) is 13.5. The quantitative estimate of drug-likeness (QED) is 0.656. The van der Waals surface area contributed by atoms with Gasteiger partial charge in [0, 0.05) is 11.9 Å². The number of carbonyl (C=O) groups excluding carboxylic acids is 1. The third kappa shape index (κ3) is 3.76. The Bertz CT molecular complexity index is 373. The zero-order valence-corrected chi connectivity index (χ0v) is 10.9. The van der Waals surface area contributed by atoms with Crippen molar-refractivity contribution in [2.75, 3.05) is 11.9 Å². The number of hydrogen-bond acceptors (Lipinski definition) is 1. The van der Waals surface area contributed by atoms with Gasteiger partial charge < -0.3 is 5.32 Å². The van der Waals surface area contributed by atoms with E-state index in [1.165, 1.54) is 12.1 Å². The minimum absolute atomic E-state index is 0.00802. The normalized spacial score (nSPS) is 10.2. The van der Waals surface area contributed by atoms with E-state index in [0.29, 0.717) is 6.54 Å². The second-order valence-corrected chi connectivity index (χ2v) is 4.45. The maximum atomic E-state index is 13.4. The Morgan fingerprint density at radius 2 is 2.19 bits per heavy atom. The minimum atomic E-state index is -0.665. The average molecular weight is 309 g/mol. The second-order valence-electron chi connectivity index (χ2n) is 3.25. The topological polar surface area (TPSA) is 29.1 Å². The summed E-state index contributed by atoms with van der Waals surface area (Å²) >= 11 is 8.87. The fourth-order valence-electron chi connectivity index (χ4n) is 1.20. The third-order valence-electron chi connectivity index (χ3n) is 2.04. The van der Waals surface area contributed by atoms with Crippen LogP contribution in [0.2, 0.25) is 5.02 Å². The molecule has 0 fully saturated rings. The maximum absolute atomic E-state index is 13.4. The number of amides is 1. The largest absolute Gasteiger partial charge is 0.352 e. The van der Waals surface area contributed by atoms with Crippen molar-refractivity contribution in [2.24, 2.45) is 0 Å². The Hall–Kier alpha value is -0.610. The Labute approximate surface area is 107 Å². The average Bonchev–Trinajstić information content (AvgIpc) is 2.28. The van der Waals surface area contributed by atoms with Crippen molar-refractivity contribution in [3.63, 3.8) is 0 Å². The number of unbranched alkanes of at least 4 members (excludes halogenated alkanes) is 1. The molecule has 0 radical (unpaired) electrons. The molecule has 1 aromatic rings. The van der Waals surface area contributed by atoms with E-state index in [9.17, 15) is 9.18 Å². The minimum Gasteiger partial charge on any atom is -0.352 e. The van der Waals surface area contributed by atoms with Crippen LogP contribution < -0.4 is 5.32 Å². The lowest BCUT2D eigenvalue weighted by Gasteiger charge is -2.06. The first-order chi connectivity index (χ1) is 7.66. The molecule has 0 unspecified atom stereocenters. The van der Waals surface area contributed by atoms with Gasteiger partial charge in [0.05, 0.1) is 10.6 Å². The van der Waals surface area contributed by atoms with Gasteiger partial charge in [0.15, 0.2) is 5.82 Å². The van der Waals surface area contributed by atoms with Gasteiger partial charge in [-0.25, -0.2) is 4.39 Å². The van der Waals surface area contributed by atoms with Crippen molar-refractivity contribution >= 4 is 33.4 Å². The fraction of sp³-hybridized carbons (Fsp3) is 0.364. The smallest absolute Gasteiger partial charge is 0.254 e. The molecule has 0 spiro atoms. The lowest BCUT2D eigenvalue weighted by molar-refractivity contribution is 0.0949. The summed E-state index contributed by atoms with van der Waals surface area (Å²) in [4.78, 5) is 11.6. The second kappa shape index (κ2) is 6.86. The van der Waals surface area contributed by atoms with Crippen molar-refractivity contribution < 1.29 is 9.18 Å². The summed E-state index contributed by atoms with van der Waals surface area (Å²) in [5, 5.41) is 3.51. The molecule has 0 saturated heterocycles. The van der Waals surface area contributed by atoms with Crippen LogP contribution in [-0.4, -0.2) is 17.8 Å². The molecule has 0 aliphatic carbocycles. The standard InChI is InChI=1S/C11H12BrClFNO/c12-6-1-2-7-15-11(16)8-4-3-5-9(13)10(8)14/h3-5H,1-2,6-7H2,(H,15,16). The Morgan fingerprint density at radius 3 is 2.88 bits per heavy atom. The van der Waals surface area contributed by atoms with Gasteiger partial charge in [-0.1, -0.05) is 33.6 Å². The highest BCUT2D eigenvalue weighted by Crippen LogP contribution is 2.17. The molecular formula is C11H12BrClFNO. The van der Waals surface area contributed by atoms with E-state index in [0.717, 1.165) is 18.2 Å². The molecule has 0 aliphatic heterocycles. The summed E-state index contributed by atoms with van der Waals surface area (Å²) in [5.41, 5.74) is -0.00802. The lowest BCUT2D eigenvalue weighted by atomic mass is 10.2. The molecule has 0 heterocycles. The number of halogens is 3. The van der Waals surface area contributed by atoms with Crippen LogP contribution in [0, 0.1) is 5.82 Å². The molecule has 0 aromatic heterocycles. The third-order valence-corrected chi connectivity index (χ3v) is 2.89. The van der Waals surface area contributed by atoms with Gasteiger partial charge in [-0.15, -0.1) is 0 Å². The van der Waals surface area contributed by atoms with E-state index < -0.39 is 11.7 Å². The van der Waals surface area contributed by atoms with Crippen LogP contribution in [0.15, 0.2) is 18.2 Å². The van der Waals surface area contributed by atoms with E-state index >= 15 is 0 Å². The molecule has 0 saturated carbocycles. The molecule has 0 bridgehead atoms. The molecule has 1 amide bonds. The summed E-state index contributed by atoms with van der Waals surface area (Å²) in [5.74, 6) is -1.09. The van der Waals surface area contributed by atoms with Crippen LogP contribution in [0.3, 0.4) is 0 Å². The van der Waals surface area contributed by atoms with Crippen LogP contribution in [0.5, 0.6) is 0 Å². The van der Waals surface area contributed by atoms with E-state index in [2.05, 4.69) is 21.2 Å². The molecule has 0 aliphatic rings. The number of hydrogen-bond donors (Lipinski definition) is 1. The van der Waals surface area contributed by atoms with Gasteiger partial charge in [0.2, 0.25) is 0 Å². The van der Waals surface area contributed by atoms with Crippen LogP contribution in [0.4, 0.5) is 4.39 Å². The number of rotatable bonds is 5. The maximum Gasteiger partial charge on any atom is 0.254 e. The van der Waals surface area contributed by atoms with Crippen molar-refractivity contribution in [3.05, 3.63) is 34.6 Å². The molecule has 2 nitrogen and oxygen atoms in total. The van der Waals surface area contributed by atoms with E-state index in [-0.39, 0.29) is 10.6 Å². The van der Waals surface area contributed by atoms with Crippen LogP contribution >= 0.6 is 27.5 Å². The zero-order valence-electron chi connectivity index (χ0n) is 8.60. The Morgan fingerprint density at radius 1 is 1.44 bits per heavy atom. The van der Waals surface area contributed by atoms with Gasteiger partial charge in [0.25, 0.3) is 5.91 Å². The summed E-state index contributed by atoms with van der Waals surface area (Å²) in [6.45, 7) is 0.538. The van der Waals surface area contributed by atoms with E-state index in [1.807, 2.05) is 0 Å². The molecule has 1 aromatic carbocycles. The zero-order chi connectivity index (χ0) is 12.0. The van der Waals surface area contributed by atoms with Crippen LogP contribution in [0.25, 0.3) is 0 Å². The molecule has 1 rings (SSSR count). The number of carbonyl (C=O) groups is 1. The number of nitrogens with one attached hydrogen (secondary N) is 1. The van der Waals surface area contributed by atoms with Crippen molar-refractivity contribution in [2.45, 2.75) is 12.8 Å². The van der Waals surface area contributed by atoms with E-state index in [4.69, 9.17) is 11.6 Å². The first-order valence-corrected chi connectivity index (χ1v) is 6.45. The SMILES string of the molecule is O=C(NCCCCBr)c1cccc(Cl)c1F. The lowest BCUT2D eigenvalue weighted by Crippen LogP contribution is -2.25. The summed E-state index contributed by atoms with van der Waals surface area (Å²) in [6, 6.07) is 4.39. The Balaban J connectivity index is 2.56. The predicted molar refractivity (Wildman–Crippen MR) is 66.8 cm³/mol. The van der Waals surface area contributed by atoms with Gasteiger partial charge in [-0.05, 0) is 25.0 Å². The number of alkyl halides is 1. The van der Waals surface area contributed by atoms with Crippen molar-refractivity contribution in [3.8, 4) is 0 Å². The molecule has 5 heteroatoms. The van der Waals surface area contributed by atoms with Crippen molar-refractivity contribution in [1.29, 1.82) is 0 Å². The van der Waals surface area contributed by atoms with Crippen LogP contribution in [0.1, 0.15) is 23.2 Å². The van der Waals surface area contributed by atoms with Gasteiger partial charge in [0.1, 0.15) is 0 Å². The summed E-state index contributed by atoms with van der Waals surface area (Å²) in [6.07, 6.45) is 1.83. The highest BCUT2D eigenvalue weighted by atomic mass is 79.9. The molecular weight excluding hydrogens is 296 g/mol. The first-order valence-electron chi connectivity index (χ1n) is 4.95. The van der Waals surface area contributed by atoms with Crippen LogP contribution in [-0.2, 0) is 0 Å². The fourth-order valence-corrected chi connectivity index (χ4v) is 1.77. The van der Waals surface area contributed by atoms with Gasteiger partial charge in [-0.3, -0.25) is 4.79 Å². The summed E-state index contributed by atoms with van der Waals surface area (Å²) in [7, 11) is 0. The predicted octanol–water partition coefficient (Wildman–Crippen LogP) is 3.38. The van der Waals surface area contributed by atoms with Gasteiger partial charge >= 0.3 is 0 Å². The highest BCUT2D eigenvalue weighted by Gasteiger charge is 2.12.